The van der Waals surface area contributed by atoms with Crippen LogP contribution >= 0.6 is 0 Å². The molecular formula is C41H62O13Si2. The monoisotopic (exact) mass is 818 g/mol. The van der Waals surface area contributed by atoms with Gasteiger partial charge in [0.2, 0.25) is 0 Å². The number of ether oxygens (including phenoxy) is 8. The van der Waals surface area contributed by atoms with Gasteiger partial charge >= 0.3 is 17.9 Å². The third kappa shape index (κ3) is 11.7. The van der Waals surface area contributed by atoms with Gasteiger partial charge in [0.1, 0.15) is 18.0 Å². The molecule has 8 atom stereocenters. The fraction of sp³-hybridized carbons (Fsp3) is 0.634. The van der Waals surface area contributed by atoms with Crippen molar-refractivity contribution in [3.05, 3.63) is 65.7 Å². The van der Waals surface area contributed by atoms with Gasteiger partial charge in [-0.3, -0.25) is 9.59 Å². The quantitative estimate of drug-likeness (QED) is 0.0757. The van der Waals surface area contributed by atoms with Crippen LogP contribution in [0.5, 0.6) is 5.75 Å². The predicted octanol–water partition coefficient (Wildman–Crippen LogP) is 7.18. The van der Waals surface area contributed by atoms with E-state index in [0.29, 0.717) is 5.75 Å². The van der Waals surface area contributed by atoms with Crippen molar-refractivity contribution in [2.75, 3.05) is 20.3 Å². The molecule has 2 aliphatic rings. The molecule has 2 aromatic rings. The highest BCUT2D eigenvalue weighted by atomic mass is 28.4. The molecule has 2 heterocycles. The standard InChI is InChI=1S/C41H62O13Si2/c1-10-55(11-2,12-3)53-34-27-48-41(38(36(34)54-56(13-4,14-5)15-6)51-39(44)31-21-23-32(45-9)24-22-31)52-35-33(49-28(7)42)26-47-40(37(35)50-29(8)43)46-25-30-19-17-16-18-20-30/h16-24,33-38,40-41H,10-15,25-27H2,1-9H3/t33-,34+,35-,36-,37+,38+,40-,41-/m0/s1. The van der Waals surface area contributed by atoms with E-state index in [1.165, 1.54) is 13.8 Å². The molecule has 0 aliphatic carbocycles. The van der Waals surface area contributed by atoms with Crippen molar-refractivity contribution in [3.63, 3.8) is 0 Å². The first-order valence-corrected chi connectivity index (χ1v) is 25.0. The maximum Gasteiger partial charge on any atom is 0.338 e. The van der Waals surface area contributed by atoms with Crippen molar-refractivity contribution in [1.82, 2.24) is 0 Å². The third-order valence-corrected chi connectivity index (χ3v) is 20.5. The maximum atomic E-state index is 14.1. The molecule has 0 bridgehead atoms. The Balaban J connectivity index is 1.80. The lowest BCUT2D eigenvalue weighted by Crippen LogP contribution is -2.65. The van der Waals surface area contributed by atoms with E-state index in [-0.39, 0.29) is 25.4 Å². The van der Waals surface area contributed by atoms with Crippen LogP contribution in [0.4, 0.5) is 0 Å². The van der Waals surface area contributed by atoms with Gasteiger partial charge in [-0.05, 0) is 66.1 Å². The van der Waals surface area contributed by atoms with Crippen LogP contribution in [-0.4, -0.2) is 104 Å². The van der Waals surface area contributed by atoms with Crippen molar-refractivity contribution in [1.29, 1.82) is 0 Å². The van der Waals surface area contributed by atoms with E-state index in [4.69, 9.17) is 46.7 Å². The topological polar surface area (TPSA) is 144 Å². The van der Waals surface area contributed by atoms with Gasteiger partial charge in [-0.1, -0.05) is 71.9 Å². The normalized spacial score (nSPS) is 25.6. The Labute approximate surface area is 334 Å². The lowest BCUT2D eigenvalue weighted by molar-refractivity contribution is -0.334. The molecule has 15 heteroatoms. The summed E-state index contributed by atoms with van der Waals surface area (Å²) < 4.78 is 63.2. The predicted molar refractivity (Wildman–Crippen MR) is 213 cm³/mol. The molecule has 2 aromatic carbocycles. The number of rotatable bonds is 20. The molecule has 0 aromatic heterocycles. The SMILES string of the molecule is CC[Si](CC)(CC)O[C@@H]1[C@@H](OC(=O)c2ccc(OC)cc2)[C@H](O[C@@H]2[C@@H](OC(C)=O)[C@@H](OCc3ccccc3)OC[C@@H]2OC(C)=O)OC[C@H]1O[Si](CC)(CC)CC. The summed E-state index contributed by atoms with van der Waals surface area (Å²) in [4.78, 5) is 39.2. The fourth-order valence-electron chi connectivity index (χ4n) is 7.35. The van der Waals surface area contributed by atoms with Gasteiger partial charge in [-0.15, -0.1) is 0 Å². The van der Waals surface area contributed by atoms with Crippen molar-refractivity contribution < 1.29 is 61.1 Å². The largest absolute Gasteiger partial charge is 0.497 e. The number of carbonyl (C=O) groups is 3. The fourth-order valence-corrected chi connectivity index (χ4v) is 13.1. The first kappa shape index (κ1) is 45.5. The molecule has 2 aliphatic heterocycles. The minimum atomic E-state index is -2.41. The van der Waals surface area contributed by atoms with Crippen molar-refractivity contribution in [2.45, 2.75) is 147 Å². The lowest BCUT2D eigenvalue weighted by Gasteiger charge is -2.49. The molecule has 0 radical (unpaired) electrons. The molecule has 0 unspecified atom stereocenters. The molecule has 312 valence electrons. The highest BCUT2D eigenvalue weighted by molar-refractivity contribution is 6.74. The Kier molecular flexibility index (Phi) is 17.5. The van der Waals surface area contributed by atoms with Gasteiger partial charge < -0.3 is 46.7 Å². The second-order valence-corrected chi connectivity index (χ2v) is 23.8. The highest BCUT2D eigenvalue weighted by Crippen LogP contribution is 2.37. The minimum absolute atomic E-state index is 0.0793. The number of hydrogen-bond donors (Lipinski definition) is 0. The van der Waals surface area contributed by atoms with Crippen molar-refractivity contribution >= 4 is 34.5 Å². The third-order valence-electron chi connectivity index (χ3n) is 11.2. The molecule has 56 heavy (non-hydrogen) atoms. The van der Waals surface area contributed by atoms with Crippen LogP contribution in [0.2, 0.25) is 36.3 Å². The van der Waals surface area contributed by atoms with Gasteiger partial charge in [-0.25, -0.2) is 4.79 Å². The highest BCUT2D eigenvalue weighted by Gasteiger charge is 2.54. The van der Waals surface area contributed by atoms with Crippen LogP contribution in [0.1, 0.15) is 71.3 Å². The van der Waals surface area contributed by atoms with E-state index in [0.717, 1.165) is 41.8 Å². The summed E-state index contributed by atoms with van der Waals surface area (Å²) in [5.41, 5.74) is 1.15. The lowest BCUT2D eigenvalue weighted by atomic mass is 10.0. The van der Waals surface area contributed by atoms with Gasteiger partial charge in [0.25, 0.3) is 0 Å². The summed E-state index contributed by atoms with van der Waals surface area (Å²) in [6.45, 7) is 15.5. The van der Waals surface area contributed by atoms with Crippen molar-refractivity contribution in [2.24, 2.45) is 0 Å². The zero-order valence-corrected chi connectivity index (χ0v) is 36.5. The molecule has 0 N–H and O–H groups in total. The summed E-state index contributed by atoms with van der Waals surface area (Å²) in [5, 5.41) is 0. The van der Waals surface area contributed by atoms with Gasteiger partial charge in [0, 0.05) is 13.8 Å². The smallest absolute Gasteiger partial charge is 0.338 e. The van der Waals surface area contributed by atoms with E-state index >= 15 is 0 Å². The second kappa shape index (κ2) is 21.6. The molecule has 2 saturated heterocycles. The molecule has 13 nitrogen and oxygen atoms in total. The Hall–Kier alpha value is -3.16. The van der Waals surface area contributed by atoms with Crippen LogP contribution < -0.4 is 4.74 Å². The van der Waals surface area contributed by atoms with E-state index in [1.807, 2.05) is 30.3 Å². The van der Waals surface area contributed by atoms with Gasteiger partial charge in [-0.2, -0.15) is 0 Å². The molecule has 0 spiro atoms. The molecule has 0 saturated carbocycles. The Morgan fingerprint density at radius 2 is 1.16 bits per heavy atom. The number of methoxy groups -OCH3 is 1. The summed E-state index contributed by atoms with van der Waals surface area (Å²) in [6, 6.07) is 21.2. The molecule has 0 amide bonds. The number of benzene rings is 2. The first-order valence-electron chi connectivity index (χ1n) is 20.0. The summed E-state index contributed by atoms with van der Waals surface area (Å²) in [5.74, 6) is -1.27. The zero-order chi connectivity index (χ0) is 40.9. The van der Waals surface area contributed by atoms with Crippen LogP contribution in [-0.2, 0) is 58.2 Å². The van der Waals surface area contributed by atoms with E-state index in [2.05, 4.69) is 41.5 Å². The number of esters is 3. The van der Waals surface area contributed by atoms with Crippen LogP contribution in [0.15, 0.2) is 54.6 Å². The van der Waals surface area contributed by atoms with Crippen LogP contribution in [0, 0.1) is 0 Å². The van der Waals surface area contributed by atoms with Crippen LogP contribution in [0.3, 0.4) is 0 Å². The molecular weight excluding hydrogens is 757 g/mol. The zero-order valence-electron chi connectivity index (χ0n) is 34.5. The van der Waals surface area contributed by atoms with E-state index in [1.54, 1.807) is 31.4 Å². The van der Waals surface area contributed by atoms with Crippen molar-refractivity contribution in [3.8, 4) is 5.75 Å². The van der Waals surface area contributed by atoms with E-state index in [9.17, 15) is 14.4 Å². The summed E-state index contributed by atoms with van der Waals surface area (Å²) in [7, 11) is -3.11. The number of hydrogen-bond acceptors (Lipinski definition) is 13. The Morgan fingerprint density at radius 3 is 1.71 bits per heavy atom. The average molecular weight is 819 g/mol. The minimum Gasteiger partial charge on any atom is -0.497 e. The Bertz CT molecular complexity index is 1500. The van der Waals surface area contributed by atoms with Gasteiger partial charge in [0.05, 0.1) is 38.6 Å². The molecule has 2 fully saturated rings. The summed E-state index contributed by atoms with van der Waals surface area (Å²) in [6.07, 6.45) is -8.29. The molecule has 4 rings (SSSR count). The van der Waals surface area contributed by atoms with Gasteiger partial charge in [0.15, 0.2) is 47.5 Å². The average Bonchev–Trinajstić information content (AvgIpc) is 3.21. The van der Waals surface area contributed by atoms with Crippen LogP contribution in [0.25, 0.3) is 0 Å². The van der Waals surface area contributed by atoms with E-state index < -0.39 is 83.7 Å². The summed E-state index contributed by atoms with van der Waals surface area (Å²) >= 11 is 0. The first-order chi connectivity index (χ1) is 26.9. The maximum absolute atomic E-state index is 14.1. The Morgan fingerprint density at radius 1 is 0.625 bits per heavy atom. The number of carbonyl (C=O) groups excluding carboxylic acids is 3. The second-order valence-electron chi connectivity index (χ2n) is 14.3.